The van der Waals surface area contributed by atoms with Crippen LogP contribution in [-0.2, 0) is 11.3 Å². The van der Waals surface area contributed by atoms with E-state index in [0.717, 1.165) is 10.1 Å². The molecule has 4 aromatic rings. The van der Waals surface area contributed by atoms with Gasteiger partial charge in [0.2, 0.25) is 5.91 Å². The summed E-state index contributed by atoms with van der Waals surface area (Å²) in [7, 11) is 0. The van der Waals surface area contributed by atoms with Crippen molar-refractivity contribution in [1.82, 2.24) is 9.13 Å². The van der Waals surface area contributed by atoms with Crippen LogP contribution < -0.4 is 16.6 Å². The number of rotatable bonds is 5. The molecule has 0 aliphatic carbocycles. The molecule has 158 valence electrons. The van der Waals surface area contributed by atoms with Gasteiger partial charge in [0.05, 0.1) is 11.2 Å². The summed E-state index contributed by atoms with van der Waals surface area (Å²) >= 11 is 7.29. The third-order valence-electron chi connectivity index (χ3n) is 4.96. The molecule has 0 saturated carbocycles. The molecule has 31 heavy (non-hydrogen) atoms. The lowest BCUT2D eigenvalue weighted by Crippen LogP contribution is -2.40. The second-order valence-corrected chi connectivity index (χ2v) is 8.81. The summed E-state index contributed by atoms with van der Waals surface area (Å²) in [5, 5.41) is 4.99. The van der Waals surface area contributed by atoms with Gasteiger partial charge in [0.1, 0.15) is 11.2 Å². The number of hydrogen-bond acceptors (Lipinski definition) is 4. The molecule has 0 aliphatic heterocycles. The van der Waals surface area contributed by atoms with E-state index in [9.17, 15) is 14.4 Å². The predicted molar refractivity (Wildman–Crippen MR) is 126 cm³/mol. The van der Waals surface area contributed by atoms with Crippen LogP contribution in [0.2, 0.25) is 5.02 Å². The van der Waals surface area contributed by atoms with Gasteiger partial charge in [0, 0.05) is 10.7 Å². The molecule has 2 aromatic heterocycles. The number of hydrogen-bond donors (Lipinski definition) is 1. The van der Waals surface area contributed by atoms with Gasteiger partial charge in [-0.2, -0.15) is 0 Å². The molecule has 0 aliphatic rings. The van der Waals surface area contributed by atoms with E-state index in [0.29, 0.717) is 32.5 Å². The highest BCUT2D eigenvalue weighted by atomic mass is 35.5. The van der Waals surface area contributed by atoms with Crippen LogP contribution in [0, 0.1) is 0 Å². The second kappa shape index (κ2) is 8.53. The normalized spacial score (nSPS) is 11.2. The number of carbonyl (C=O) groups excluding carboxylic acids is 1. The Morgan fingerprint density at radius 1 is 1.10 bits per heavy atom. The van der Waals surface area contributed by atoms with E-state index in [4.69, 9.17) is 11.6 Å². The first kappa shape index (κ1) is 21.1. The van der Waals surface area contributed by atoms with Crippen molar-refractivity contribution in [3.8, 4) is 5.69 Å². The predicted octanol–water partition coefficient (Wildman–Crippen LogP) is 4.63. The van der Waals surface area contributed by atoms with Crippen molar-refractivity contribution in [3.63, 3.8) is 0 Å². The van der Waals surface area contributed by atoms with Crippen molar-refractivity contribution < 1.29 is 4.79 Å². The van der Waals surface area contributed by atoms with Crippen LogP contribution in [0.5, 0.6) is 0 Å². The first-order valence-corrected chi connectivity index (χ1v) is 11.0. The summed E-state index contributed by atoms with van der Waals surface area (Å²) in [5.41, 5.74) is 1.53. The lowest BCUT2D eigenvalue weighted by molar-refractivity contribution is -0.116. The zero-order valence-electron chi connectivity index (χ0n) is 17.0. The van der Waals surface area contributed by atoms with Gasteiger partial charge in [0.15, 0.2) is 0 Å². The molecule has 6 nitrogen and oxygen atoms in total. The highest BCUT2D eigenvalue weighted by Crippen LogP contribution is 2.20. The van der Waals surface area contributed by atoms with Gasteiger partial charge < -0.3 is 5.32 Å². The van der Waals surface area contributed by atoms with E-state index >= 15 is 0 Å². The molecule has 0 atom stereocenters. The number of nitrogens with one attached hydrogen (secondary N) is 1. The van der Waals surface area contributed by atoms with E-state index in [1.165, 1.54) is 15.9 Å². The standard InChI is InChI=1S/C23H20ClN3O3S/c1-14(2)15-5-3-7-17(11-15)25-20(28)13-26-19-9-10-31-21(19)22(29)27(23(26)30)18-8-4-6-16(24)12-18/h3-12,14H,13H2,1-2H3,(H,25,28). The van der Waals surface area contributed by atoms with Crippen LogP contribution in [0.1, 0.15) is 25.3 Å². The van der Waals surface area contributed by atoms with Crippen LogP contribution in [0.25, 0.3) is 15.9 Å². The summed E-state index contributed by atoms with van der Waals surface area (Å²) in [5.74, 6) is -0.0297. The molecule has 2 heterocycles. The molecule has 0 fully saturated rings. The zero-order chi connectivity index (χ0) is 22.1. The average molecular weight is 454 g/mol. The Kier molecular flexibility index (Phi) is 5.80. The first-order valence-electron chi connectivity index (χ1n) is 9.74. The molecule has 0 unspecified atom stereocenters. The monoisotopic (exact) mass is 453 g/mol. The molecule has 8 heteroatoms. The minimum absolute atomic E-state index is 0.223. The van der Waals surface area contributed by atoms with Gasteiger partial charge in [0.25, 0.3) is 5.56 Å². The van der Waals surface area contributed by atoms with Crippen LogP contribution in [-0.4, -0.2) is 15.0 Å². The van der Waals surface area contributed by atoms with E-state index in [2.05, 4.69) is 19.2 Å². The fourth-order valence-electron chi connectivity index (χ4n) is 3.40. The van der Waals surface area contributed by atoms with E-state index in [1.807, 2.05) is 18.2 Å². The lowest BCUT2D eigenvalue weighted by Gasteiger charge is -2.13. The number of amides is 1. The van der Waals surface area contributed by atoms with Crippen LogP contribution >= 0.6 is 22.9 Å². The van der Waals surface area contributed by atoms with Crippen molar-refractivity contribution in [1.29, 1.82) is 0 Å². The summed E-state index contributed by atoms with van der Waals surface area (Å²) in [6.45, 7) is 3.93. The van der Waals surface area contributed by atoms with Crippen LogP contribution in [0.4, 0.5) is 5.69 Å². The second-order valence-electron chi connectivity index (χ2n) is 7.45. The van der Waals surface area contributed by atoms with Gasteiger partial charge in [-0.3, -0.25) is 14.2 Å². The van der Waals surface area contributed by atoms with Gasteiger partial charge in [-0.05, 0) is 53.3 Å². The van der Waals surface area contributed by atoms with Crippen LogP contribution in [0.3, 0.4) is 0 Å². The molecule has 1 amide bonds. The molecular formula is C23H20ClN3O3S. The lowest BCUT2D eigenvalue weighted by atomic mass is 10.0. The smallest absolute Gasteiger partial charge is 0.325 e. The molecule has 4 rings (SSSR count). The minimum Gasteiger partial charge on any atom is -0.325 e. The van der Waals surface area contributed by atoms with Gasteiger partial charge >= 0.3 is 5.69 Å². The molecular weight excluding hydrogens is 434 g/mol. The Morgan fingerprint density at radius 2 is 1.87 bits per heavy atom. The Labute approximate surface area is 187 Å². The molecule has 0 spiro atoms. The number of fused-ring (bicyclic) bond motifs is 1. The summed E-state index contributed by atoms with van der Waals surface area (Å²) in [4.78, 5) is 39.0. The highest BCUT2D eigenvalue weighted by molar-refractivity contribution is 7.17. The zero-order valence-corrected chi connectivity index (χ0v) is 18.5. The number of carbonyl (C=O) groups is 1. The third kappa shape index (κ3) is 4.19. The van der Waals surface area contributed by atoms with Crippen molar-refractivity contribution in [3.05, 3.63) is 91.4 Å². The molecule has 2 aromatic carbocycles. The van der Waals surface area contributed by atoms with Gasteiger partial charge in [-0.15, -0.1) is 11.3 Å². The fraction of sp³-hybridized carbons (Fsp3) is 0.174. The Morgan fingerprint density at radius 3 is 2.61 bits per heavy atom. The molecule has 0 bridgehead atoms. The first-order chi connectivity index (χ1) is 14.8. The Bertz CT molecular complexity index is 1400. The molecule has 1 N–H and O–H groups in total. The number of aromatic nitrogens is 2. The number of thiophene rings is 1. The van der Waals surface area contributed by atoms with Crippen molar-refractivity contribution >= 4 is 44.7 Å². The topological polar surface area (TPSA) is 73.1 Å². The van der Waals surface area contributed by atoms with E-state index in [1.54, 1.807) is 41.8 Å². The summed E-state index contributed by atoms with van der Waals surface area (Å²) in [6, 6.07) is 15.8. The van der Waals surface area contributed by atoms with E-state index in [-0.39, 0.29) is 12.5 Å². The maximum Gasteiger partial charge on any atom is 0.336 e. The average Bonchev–Trinajstić information content (AvgIpc) is 3.22. The summed E-state index contributed by atoms with van der Waals surface area (Å²) in [6.07, 6.45) is 0. The SMILES string of the molecule is CC(C)c1cccc(NC(=O)Cn2c(=O)n(-c3cccc(Cl)c3)c(=O)c3sccc32)c1. The number of anilines is 1. The third-order valence-corrected chi connectivity index (χ3v) is 6.09. The van der Waals surface area contributed by atoms with Crippen molar-refractivity contribution in [2.75, 3.05) is 5.32 Å². The number of benzene rings is 2. The minimum atomic E-state index is -0.593. The van der Waals surface area contributed by atoms with Crippen molar-refractivity contribution in [2.24, 2.45) is 0 Å². The molecule has 0 saturated heterocycles. The Hall–Kier alpha value is -3.16. The summed E-state index contributed by atoms with van der Waals surface area (Å²) < 4.78 is 2.77. The fourth-order valence-corrected chi connectivity index (χ4v) is 4.41. The highest BCUT2D eigenvalue weighted by Gasteiger charge is 2.18. The quantitative estimate of drug-likeness (QED) is 0.478. The van der Waals surface area contributed by atoms with Crippen LogP contribution in [0.15, 0.2) is 69.6 Å². The maximum absolute atomic E-state index is 13.3. The van der Waals surface area contributed by atoms with Gasteiger partial charge in [-0.1, -0.05) is 43.6 Å². The largest absolute Gasteiger partial charge is 0.336 e. The Balaban J connectivity index is 1.75. The van der Waals surface area contributed by atoms with Crippen molar-refractivity contribution in [2.45, 2.75) is 26.3 Å². The number of nitrogens with zero attached hydrogens (tertiary/aromatic N) is 2. The van der Waals surface area contributed by atoms with E-state index < -0.39 is 11.2 Å². The molecule has 0 radical (unpaired) electrons. The van der Waals surface area contributed by atoms with Gasteiger partial charge in [-0.25, -0.2) is 9.36 Å². The maximum atomic E-state index is 13.3. The number of halogens is 1.